The smallest absolute Gasteiger partial charge is 0.314 e. The fourth-order valence-corrected chi connectivity index (χ4v) is 2.06. The molecule has 0 aliphatic carbocycles. The minimum absolute atomic E-state index is 0.00780. The van der Waals surface area contributed by atoms with Crippen LogP contribution in [0.15, 0.2) is 0 Å². The van der Waals surface area contributed by atoms with Crippen molar-refractivity contribution in [1.82, 2.24) is 10.2 Å². The van der Waals surface area contributed by atoms with Crippen molar-refractivity contribution in [2.75, 3.05) is 19.6 Å². The van der Waals surface area contributed by atoms with Crippen LogP contribution in [0, 0.1) is 11.3 Å². The molecule has 0 saturated carbocycles. The molecule has 0 aromatic rings. The van der Waals surface area contributed by atoms with Gasteiger partial charge in [-0.25, -0.2) is 4.79 Å². The average Bonchev–Trinajstić information content (AvgIpc) is 2.25. The van der Waals surface area contributed by atoms with Gasteiger partial charge in [0.05, 0.1) is 5.92 Å². The number of carbonyl (C=O) groups excluding carboxylic acids is 1. The van der Waals surface area contributed by atoms with E-state index in [-0.39, 0.29) is 18.0 Å². The molecule has 18 heavy (non-hydrogen) atoms. The molecule has 0 spiro atoms. The van der Waals surface area contributed by atoms with Crippen molar-refractivity contribution in [2.24, 2.45) is 17.1 Å². The normalized spacial score (nSPS) is 24.9. The SMILES string of the molecule is CC(C)(C)CNC1CC(C(=O)O)CN(C(N)=O)C1. The lowest BCUT2D eigenvalue weighted by Crippen LogP contribution is -2.55. The van der Waals surface area contributed by atoms with Gasteiger partial charge < -0.3 is 21.1 Å². The van der Waals surface area contributed by atoms with Crippen LogP contribution in [0.4, 0.5) is 4.79 Å². The number of carboxylic acids is 1. The number of aliphatic carboxylic acids is 1. The summed E-state index contributed by atoms with van der Waals surface area (Å²) < 4.78 is 0. The molecule has 1 rings (SSSR count). The van der Waals surface area contributed by atoms with Gasteiger partial charge in [-0.1, -0.05) is 20.8 Å². The van der Waals surface area contributed by atoms with Crippen LogP contribution in [0.1, 0.15) is 27.2 Å². The molecule has 1 aliphatic heterocycles. The van der Waals surface area contributed by atoms with Crippen LogP contribution in [-0.4, -0.2) is 47.7 Å². The summed E-state index contributed by atoms with van der Waals surface area (Å²) in [5.41, 5.74) is 5.36. The molecule has 1 heterocycles. The zero-order valence-electron chi connectivity index (χ0n) is 11.3. The molecule has 6 heteroatoms. The number of carboxylic acid groups (broad SMARTS) is 1. The number of piperidine rings is 1. The van der Waals surface area contributed by atoms with Gasteiger partial charge in [0.1, 0.15) is 0 Å². The lowest BCUT2D eigenvalue weighted by molar-refractivity contribution is -0.143. The predicted octanol–water partition coefficient (Wildman–Crippen LogP) is 0.476. The first-order chi connectivity index (χ1) is 8.19. The Morgan fingerprint density at radius 3 is 2.44 bits per heavy atom. The van der Waals surface area contributed by atoms with E-state index in [4.69, 9.17) is 10.8 Å². The van der Waals surface area contributed by atoms with E-state index in [0.717, 1.165) is 6.54 Å². The fraction of sp³-hybridized carbons (Fsp3) is 0.833. The number of urea groups is 1. The Morgan fingerprint density at radius 2 is 2.00 bits per heavy atom. The molecule has 1 saturated heterocycles. The molecular weight excluding hydrogens is 234 g/mol. The van der Waals surface area contributed by atoms with Crippen molar-refractivity contribution >= 4 is 12.0 Å². The maximum absolute atomic E-state index is 11.2. The van der Waals surface area contributed by atoms with Gasteiger partial charge >= 0.3 is 12.0 Å². The van der Waals surface area contributed by atoms with E-state index in [1.54, 1.807) is 0 Å². The van der Waals surface area contributed by atoms with Gasteiger partial charge in [0.25, 0.3) is 0 Å². The Morgan fingerprint density at radius 1 is 1.39 bits per heavy atom. The second-order valence-electron chi connectivity index (χ2n) is 6.15. The monoisotopic (exact) mass is 257 g/mol. The molecule has 0 aromatic carbocycles. The number of primary amides is 1. The lowest BCUT2D eigenvalue weighted by atomic mass is 9.92. The van der Waals surface area contributed by atoms with E-state index in [0.29, 0.717) is 13.0 Å². The maximum atomic E-state index is 11.2. The topological polar surface area (TPSA) is 95.7 Å². The highest BCUT2D eigenvalue weighted by Gasteiger charge is 2.33. The number of hydrogen-bond donors (Lipinski definition) is 3. The number of hydrogen-bond acceptors (Lipinski definition) is 3. The Kier molecular flexibility index (Phi) is 4.56. The molecule has 2 amide bonds. The van der Waals surface area contributed by atoms with Gasteiger partial charge in [-0.2, -0.15) is 0 Å². The minimum Gasteiger partial charge on any atom is -0.481 e. The molecule has 0 aromatic heterocycles. The highest BCUT2D eigenvalue weighted by atomic mass is 16.4. The molecule has 4 N–H and O–H groups in total. The maximum Gasteiger partial charge on any atom is 0.314 e. The first kappa shape index (κ1) is 14.8. The Bertz CT molecular complexity index is 303. The van der Waals surface area contributed by atoms with Crippen LogP contribution in [0.5, 0.6) is 0 Å². The summed E-state index contributed by atoms with van der Waals surface area (Å²) in [5, 5.41) is 12.4. The van der Waals surface area contributed by atoms with E-state index in [2.05, 4.69) is 26.1 Å². The van der Waals surface area contributed by atoms with Crippen molar-refractivity contribution in [3.05, 3.63) is 0 Å². The Hall–Kier alpha value is -1.30. The molecule has 0 radical (unpaired) electrons. The zero-order chi connectivity index (χ0) is 13.9. The number of nitrogens with two attached hydrogens (primary N) is 1. The van der Waals surface area contributed by atoms with Crippen molar-refractivity contribution in [3.63, 3.8) is 0 Å². The summed E-state index contributed by atoms with van der Waals surface area (Å²) in [4.78, 5) is 23.7. The zero-order valence-corrected chi connectivity index (χ0v) is 11.3. The van der Waals surface area contributed by atoms with Gasteiger partial charge in [0.15, 0.2) is 0 Å². The van der Waals surface area contributed by atoms with E-state index < -0.39 is 17.9 Å². The number of nitrogens with one attached hydrogen (secondary N) is 1. The largest absolute Gasteiger partial charge is 0.481 e. The highest BCUT2D eigenvalue weighted by molar-refractivity contribution is 5.75. The van der Waals surface area contributed by atoms with Crippen LogP contribution in [-0.2, 0) is 4.79 Å². The van der Waals surface area contributed by atoms with Crippen LogP contribution < -0.4 is 11.1 Å². The second kappa shape index (κ2) is 5.56. The van der Waals surface area contributed by atoms with Gasteiger partial charge in [0.2, 0.25) is 0 Å². The third-order valence-corrected chi connectivity index (χ3v) is 3.03. The first-order valence-corrected chi connectivity index (χ1v) is 6.19. The van der Waals surface area contributed by atoms with E-state index in [9.17, 15) is 9.59 Å². The molecule has 6 nitrogen and oxygen atoms in total. The van der Waals surface area contributed by atoms with Gasteiger partial charge in [0, 0.05) is 25.7 Å². The summed E-state index contributed by atoms with van der Waals surface area (Å²) in [5.74, 6) is -1.41. The standard InChI is InChI=1S/C12H23N3O3/c1-12(2,3)7-14-9-4-8(10(16)17)5-15(6-9)11(13)18/h8-9,14H,4-7H2,1-3H3,(H2,13,18)(H,16,17). The minimum atomic E-state index is -0.872. The molecular formula is C12H23N3O3. The summed E-state index contributed by atoms with van der Waals surface area (Å²) >= 11 is 0. The molecule has 0 bridgehead atoms. The van der Waals surface area contributed by atoms with E-state index in [1.807, 2.05) is 0 Å². The highest BCUT2D eigenvalue weighted by Crippen LogP contribution is 2.19. The van der Waals surface area contributed by atoms with E-state index in [1.165, 1.54) is 4.90 Å². The van der Waals surface area contributed by atoms with Gasteiger partial charge in [-0.05, 0) is 11.8 Å². The van der Waals surface area contributed by atoms with Crippen LogP contribution in [0.2, 0.25) is 0 Å². The van der Waals surface area contributed by atoms with Crippen molar-refractivity contribution < 1.29 is 14.7 Å². The van der Waals surface area contributed by atoms with Gasteiger partial charge in [-0.15, -0.1) is 0 Å². The second-order valence-corrected chi connectivity index (χ2v) is 6.15. The summed E-state index contributed by atoms with van der Waals surface area (Å²) in [6, 6.07) is -0.560. The first-order valence-electron chi connectivity index (χ1n) is 6.19. The molecule has 1 aliphatic rings. The van der Waals surface area contributed by atoms with Crippen molar-refractivity contribution in [1.29, 1.82) is 0 Å². The summed E-state index contributed by atoms with van der Waals surface area (Å²) in [6.45, 7) is 7.76. The van der Waals surface area contributed by atoms with Crippen LogP contribution >= 0.6 is 0 Å². The Labute approximate surface area is 108 Å². The molecule has 2 unspecified atom stereocenters. The summed E-state index contributed by atoms with van der Waals surface area (Å²) in [6.07, 6.45) is 0.537. The summed E-state index contributed by atoms with van der Waals surface area (Å²) in [7, 11) is 0. The molecule has 2 atom stereocenters. The number of likely N-dealkylation sites (tertiary alicyclic amines) is 1. The van der Waals surface area contributed by atoms with Crippen molar-refractivity contribution in [3.8, 4) is 0 Å². The molecule has 1 fully saturated rings. The fourth-order valence-electron chi connectivity index (χ4n) is 2.06. The van der Waals surface area contributed by atoms with Gasteiger partial charge in [-0.3, -0.25) is 4.79 Å². The van der Waals surface area contributed by atoms with Crippen LogP contribution in [0.3, 0.4) is 0 Å². The average molecular weight is 257 g/mol. The quantitative estimate of drug-likeness (QED) is 0.685. The third kappa shape index (κ3) is 4.52. The van der Waals surface area contributed by atoms with E-state index >= 15 is 0 Å². The number of amides is 2. The van der Waals surface area contributed by atoms with Crippen LogP contribution in [0.25, 0.3) is 0 Å². The number of rotatable bonds is 3. The third-order valence-electron chi connectivity index (χ3n) is 3.03. The predicted molar refractivity (Wildman–Crippen MR) is 68.1 cm³/mol. The Balaban J connectivity index is 2.61. The lowest BCUT2D eigenvalue weighted by Gasteiger charge is -2.36. The van der Waals surface area contributed by atoms with Crippen molar-refractivity contribution in [2.45, 2.75) is 33.2 Å². The number of carbonyl (C=O) groups is 2. The number of nitrogens with zero attached hydrogens (tertiary/aromatic N) is 1. The molecule has 104 valence electrons.